The van der Waals surface area contributed by atoms with Crippen molar-refractivity contribution in [1.29, 1.82) is 0 Å². The average molecular weight is 484 g/mol. The molecular weight excluding hydrogens is 450 g/mol. The lowest BCUT2D eigenvalue weighted by atomic mass is 10.3. The van der Waals surface area contributed by atoms with E-state index < -0.39 is 20.7 Å². The van der Waals surface area contributed by atoms with Crippen molar-refractivity contribution in [3.63, 3.8) is 0 Å². The topological polar surface area (TPSA) is 110 Å². The van der Waals surface area contributed by atoms with Crippen LogP contribution < -0.4 is 10.0 Å². The number of unbranched alkanes of at least 4 members (excludes halogenated alkanes) is 1. The van der Waals surface area contributed by atoms with Gasteiger partial charge in [0.2, 0.25) is 5.52 Å². The van der Waals surface area contributed by atoms with E-state index in [0.717, 1.165) is 16.9 Å². The second-order valence-corrected chi connectivity index (χ2v) is 11.7. The highest BCUT2D eigenvalue weighted by atomic mass is 32.2. The molecule has 0 aliphatic heterocycles. The van der Waals surface area contributed by atoms with Gasteiger partial charge in [-0.3, -0.25) is 14.4 Å². The van der Waals surface area contributed by atoms with Gasteiger partial charge in [0.1, 0.15) is 0 Å². The van der Waals surface area contributed by atoms with Crippen LogP contribution in [0.25, 0.3) is 0 Å². The van der Waals surface area contributed by atoms with Crippen molar-refractivity contribution >= 4 is 27.0 Å². The van der Waals surface area contributed by atoms with Crippen molar-refractivity contribution in [2.24, 2.45) is 0 Å². The molecule has 0 spiro atoms. The van der Waals surface area contributed by atoms with E-state index in [4.69, 9.17) is 18.1 Å². The quantitative estimate of drug-likeness (QED) is 0.112. The third-order valence-corrected chi connectivity index (χ3v) is 10.6. The van der Waals surface area contributed by atoms with Crippen molar-refractivity contribution in [3.8, 4) is 0 Å². The number of nitrogens with zero attached hydrogens (tertiary/aromatic N) is 1. The Labute approximate surface area is 183 Å². The molecule has 0 aliphatic rings. The number of aromatic nitrogens is 1. The van der Waals surface area contributed by atoms with Crippen molar-refractivity contribution in [2.45, 2.75) is 51.1 Å². The lowest BCUT2D eigenvalue weighted by molar-refractivity contribution is -0.645. The van der Waals surface area contributed by atoms with E-state index in [1.54, 1.807) is 39.8 Å². The monoisotopic (exact) mass is 484 g/mol. The standard InChI is InChI=1S/C18H34N2O7P2S/c1-5-24-28(22,25-6-2)18(29(23,26-7-3)27-8-4)19-14-10-12-16-30-17-13-9-11-15-20(17)21/h9,11,13,15,18-19H,5-8,10,12,14,16H2,1-4H3. The van der Waals surface area contributed by atoms with E-state index >= 15 is 0 Å². The molecule has 9 nitrogen and oxygen atoms in total. The molecule has 0 unspecified atom stereocenters. The predicted octanol–water partition coefficient (Wildman–Crippen LogP) is 4.60. The van der Waals surface area contributed by atoms with Crippen LogP contribution in [0.3, 0.4) is 0 Å². The first-order valence-electron chi connectivity index (χ1n) is 10.2. The molecule has 0 aliphatic carbocycles. The smallest absolute Gasteiger partial charge is 0.359 e. The Morgan fingerprint density at radius 1 is 0.967 bits per heavy atom. The summed E-state index contributed by atoms with van der Waals surface area (Å²) >= 11 is 1.46. The molecule has 0 bridgehead atoms. The molecule has 0 amide bonds. The molecule has 1 N–H and O–H groups in total. The van der Waals surface area contributed by atoms with Gasteiger partial charge in [0, 0.05) is 17.9 Å². The maximum absolute atomic E-state index is 13.4. The Bertz CT molecular complexity index is 661. The summed E-state index contributed by atoms with van der Waals surface area (Å²) in [6.45, 7) is 7.72. The Morgan fingerprint density at radius 3 is 1.97 bits per heavy atom. The molecule has 1 rings (SSSR count). The molecule has 0 atom stereocenters. The fraction of sp³-hybridized carbons (Fsp3) is 0.722. The van der Waals surface area contributed by atoms with Crippen LogP contribution in [0.2, 0.25) is 0 Å². The summed E-state index contributed by atoms with van der Waals surface area (Å²) in [6, 6.07) is 5.28. The van der Waals surface area contributed by atoms with Crippen molar-refractivity contribution in [3.05, 3.63) is 29.6 Å². The summed E-state index contributed by atoms with van der Waals surface area (Å²) in [7, 11) is -7.59. The van der Waals surface area contributed by atoms with E-state index in [9.17, 15) is 14.3 Å². The molecule has 1 heterocycles. The molecule has 0 saturated heterocycles. The molecular formula is C18H34N2O7P2S. The normalized spacial score (nSPS) is 12.6. The van der Waals surface area contributed by atoms with Crippen LogP contribution in [-0.2, 0) is 27.2 Å². The minimum atomic E-state index is -3.79. The van der Waals surface area contributed by atoms with E-state index in [2.05, 4.69) is 5.32 Å². The van der Waals surface area contributed by atoms with Gasteiger partial charge in [-0.25, -0.2) is 0 Å². The van der Waals surface area contributed by atoms with Crippen molar-refractivity contribution < 1.29 is 32.0 Å². The first-order valence-corrected chi connectivity index (χ1v) is 14.4. The Kier molecular flexibility index (Phi) is 13.4. The highest BCUT2D eigenvalue weighted by Crippen LogP contribution is 2.69. The van der Waals surface area contributed by atoms with Crippen LogP contribution in [0, 0.1) is 5.21 Å². The van der Waals surface area contributed by atoms with E-state index in [0.29, 0.717) is 18.0 Å². The number of rotatable bonds is 17. The molecule has 0 saturated carbocycles. The minimum Gasteiger partial charge on any atom is -0.618 e. The highest BCUT2D eigenvalue weighted by molar-refractivity contribution is 7.99. The van der Waals surface area contributed by atoms with Crippen LogP contribution in [0.1, 0.15) is 40.5 Å². The van der Waals surface area contributed by atoms with Crippen LogP contribution in [-0.4, -0.2) is 44.2 Å². The summed E-state index contributed by atoms with van der Waals surface area (Å²) in [5, 5.41) is 15.3. The maximum Gasteiger partial charge on any atom is 0.359 e. The molecule has 12 heteroatoms. The van der Waals surface area contributed by atoms with Gasteiger partial charge >= 0.3 is 15.2 Å². The number of hydrogen-bond acceptors (Lipinski definition) is 9. The zero-order valence-corrected chi connectivity index (χ0v) is 20.8. The first kappa shape index (κ1) is 27.6. The zero-order chi connectivity index (χ0) is 22.5. The van der Waals surface area contributed by atoms with Gasteiger partial charge in [-0.1, -0.05) is 11.8 Å². The van der Waals surface area contributed by atoms with Crippen LogP contribution in [0.15, 0.2) is 29.4 Å². The second-order valence-electron chi connectivity index (χ2n) is 6.00. The second kappa shape index (κ2) is 14.6. The van der Waals surface area contributed by atoms with E-state index in [1.165, 1.54) is 18.0 Å². The summed E-state index contributed by atoms with van der Waals surface area (Å²) in [5.74, 6) is 0.738. The van der Waals surface area contributed by atoms with Crippen LogP contribution >= 0.6 is 27.0 Å². The van der Waals surface area contributed by atoms with E-state index in [-0.39, 0.29) is 26.4 Å². The maximum atomic E-state index is 13.4. The molecule has 174 valence electrons. The summed E-state index contributed by atoms with van der Waals surface area (Å²) in [5.41, 5.74) is -1.21. The lowest BCUT2D eigenvalue weighted by Crippen LogP contribution is -2.33. The van der Waals surface area contributed by atoms with Gasteiger partial charge in [0.25, 0.3) is 5.03 Å². The average Bonchev–Trinajstić information content (AvgIpc) is 2.69. The highest BCUT2D eigenvalue weighted by Gasteiger charge is 2.50. The van der Waals surface area contributed by atoms with Gasteiger partial charge in [-0.2, -0.15) is 4.73 Å². The molecule has 1 aromatic rings. The van der Waals surface area contributed by atoms with Crippen LogP contribution in [0.4, 0.5) is 0 Å². The summed E-state index contributed by atoms with van der Waals surface area (Å²) in [6.07, 6.45) is 2.96. The molecule has 0 aromatic carbocycles. The SMILES string of the molecule is CCOP(=O)(OCC)C(NCCCCSc1cccc[n+]1[O-])P(=O)(OCC)OCC. The molecule has 30 heavy (non-hydrogen) atoms. The van der Waals surface area contributed by atoms with Gasteiger partial charge in [0.05, 0.1) is 26.4 Å². The molecule has 1 aromatic heterocycles. The van der Waals surface area contributed by atoms with Crippen molar-refractivity contribution in [1.82, 2.24) is 5.32 Å². The zero-order valence-electron chi connectivity index (χ0n) is 18.2. The molecule has 0 radical (unpaired) electrons. The first-order chi connectivity index (χ1) is 14.4. The van der Waals surface area contributed by atoms with Gasteiger partial charge in [-0.05, 0) is 53.1 Å². The summed E-state index contributed by atoms with van der Waals surface area (Å²) < 4.78 is 49.2. The van der Waals surface area contributed by atoms with Gasteiger partial charge < -0.3 is 23.3 Å². The number of hydrogen-bond donors (Lipinski definition) is 1. The fourth-order valence-electron chi connectivity index (χ4n) is 2.63. The van der Waals surface area contributed by atoms with Gasteiger partial charge in [0.15, 0.2) is 6.20 Å². The Hall–Kier alpha value is -0.440. The minimum absolute atomic E-state index is 0.136. The summed E-state index contributed by atoms with van der Waals surface area (Å²) in [4.78, 5) is 0. The third-order valence-electron chi connectivity index (χ3n) is 3.77. The fourth-order valence-corrected chi connectivity index (χ4v) is 8.60. The number of thioether (sulfide) groups is 1. The Balaban J connectivity index is 2.76. The third kappa shape index (κ3) is 8.60. The van der Waals surface area contributed by atoms with E-state index in [1.807, 2.05) is 6.07 Å². The van der Waals surface area contributed by atoms with Crippen LogP contribution in [0.5, 0.6) is 0 Å². The van der Waals surface area contributed by atoms with Crippen molar-refractivity contribution in [2.75, 3.05) is 38.7 Å². The number of nitrogens with one attached hydrogen (secondary N) is 1. The number of pyridine rings is 1. The molecule has 0 fully saturated rings. The van der Waals surface area contributed by atoms with Gasteiger partial charge in [-0.15, -0.1) is 0 Å². The lowest BCUT2D eigenvalue weighted by Gasteiger charge is -2.31. The predicted molar refractivity (Wildman–Crippen MR) is 119 cm³/mol. The Morgan fingerprint density at radius 2 is 1.50 bits per heavy atom. The largest absolute Gasteiger partial charge is 0.618 e.